The Morgan fingerprint density at radius 1 is 1.03 bits per heavy atom. The molecule has 0 amide bonds. The molecule has 4 heteroatoms. The standard InChI is InChI=1S/C34H39NO3/c1-21-24-16-25-30-33-15-9-14-32(2,20-35(30)18-22-10-5-3-6-11-22)28(33)26(36)17-34(25,29(33)27(24)37)31(21)38-19-23-12-7-4-8-13-23/h3-8,10-13,24-25,27-31,37H,1,9,14-20H2,2H3/t24-,25+,27+,28-,29+,30?,31-,32+,33+,34?/m1/s1. The van der Waals surface area contributed by atoms with E-state index in [9.17, 15) is 9.90 Å². The first-order valence-corrected chi connectivity index (χ1v) is 14.7. The topological polar surface area (TPSA) is 49.8 Å². The second kappa shape index (κ2) is 7.90. The Bertz CT molecular complexity index is 1290. The van der Waals surface area contributed by atoms with Crippen LogP contribution in [0.15, 0.2) is 72.8 Å². The van der Waals surface area contributed by atoms with Crippen LogP contribution in [0, 0.1) is 39.9 Å². The number of hydrogen-bond acceptors (Lipinski definition) is 4. The van der Waals surface area contributed by atoms with Gasteiger partial charge in [-0.25, -0.2) is 0 Å². The highest BCUT2D eigenvalue weighted by Crippen LogP contribution is 2.82. The number of benzene rings is 2. The van der Waals surface area contributed by atoms with E-state index in [-0.39, 0.29) is 40.1 Å². The monoisotopic (exact) mass is 509 g/mol. The minimum absolute atomic E-state index is 0.0317. The van der Waals surface area contributed by atoms with Crippen molar-refractivity contribution in [1.82, 2.24) is 4.90 Å². The number of Topliss-reactive ketones (excluding diaryl/α,β-unsaturated/α-hetero) is 1. The average Bonchev–Trinajstić information content (AvgIpc) is 3.00. The molecule has 6 bridgehead atoms. The third kappa shape index (κ3) is 2.75. The zero-order valence-corrected chi connectivity index (χ0v) is 22.4. The van der Waals surface area contributed by atoms with E-state index >= 15 is 0 Å². The largest absolute Gasteiger partial charge is 0.392 e. The lowest BCUT2D eigenvalue weighted by atomic mass is 9.38. The minimum Gasteiger partial charge on any atom is -0.392 e. The molecule has 7 aliphatic rings. The van der Waals surface area contributed by atoms with Crippen molar-refractivity contribution < 1.29 is 14.6 Å². The number of nitrogens with zero attached hydrogens (tertiary/aromatic N) is 1. The molecule has 1 saturated heterocycles. The Kier molecular flexibility index (Phi) is 4.91. The van der Waals surface area contributed by atoms with Crippen LogP contribution in [0.5, 0.6) is 0 Å². The van der Waals surface area contributed by atoms with Gasteiger partial charge in [0.2, 0.25) is 0 Å². The zero-order valence-electron chi connectivity index (χ0n) is 22.4. The van der Waals surface area contributed by atoms with E-state index in [0.29, 0.717) is 30.8 Å². The van der Waals surface area contributed by atoms with E-state index in [1.807, 2.05) is 6.07 Å². The third-order valence-electron chi connectivity index (χ3n) is 12.2. The first-order chi connectivity index (χ1) is 18.4. The van der Waals surface area contributed by atoms with E-state index in [1.165, 1.54) is 5.56 Å². The second-order valence-electron chi connectivity index (χ2n) is 13.8. The molecule has 1 aliphatic heterocycles. The summed E-state index contributed by atoms with van der Waals surface area (Å²) in [6.45, 7) is 9.36. The molecule has 10 atom stereocenters. The maximum absolute atomic E-state index is 14.4. The Labute approximate surface area is 226 Å². The van der Waals surface area contributed by atoms with E-state index in [0.717, 1.165) is 49.9 Å². The molecule has 2 spiro atoms. The Morgan fingerprint density at radius 3 is 2.47 bits per heavy atom. The quantitative estimate of drug-likeness (QED) is 0.548. The highest BCUT2D eigenvalue weighted by molar-refractivity contribution is 5.87. The molecule has 2 aromatic carbocycles. The average molecular weight is 510 g/mol. The smallest absolute Gasteiger partial charge is 0.137 e. The van der Waals surface area contributed by atoms with Gasteiger partial charge in [-0.15, -0.1) is 0 Å². The molecule has 198 valence electrons. The molecular weight excluding hydrogens is 470 g/mol. The third-order valence-corrected chi connectivity index (χ3v) is 12.2. The first kappa shape index (κ1) is 23.6. The molecular formula is C34H39NO3. The summed E-state index contributed by atoms with van der Waals surface area (Å²) in [5.74, 6) is 1.03. The number of piperidine rings is 1. The fourth-order valence-corrected chi connectivity index (χ4v) is 11.6. The summed E-state index contributed by atoms with van der Waals surface area (Å²) in [5, 5.41) is 12.1. The molecule has 7 fully saturated rings. The summed E-state index contributed by atoms with van der Waals surface area (Å²) >= 11 is 0. The lowest BCUT2D eigenvalue weighted by molar-refractivity contribution is -0.230. The molecule has 0 aromatic heterocycles. The number of likely N-dealkylation sites (tertiary alicyclic amines) is 1. The number of fused-ring (bicyclic) bond motifs is 1. The summed E-state index contributed by atoms with van der Waals surface area (Å²) in [6.07, 6.45) is 4.21. The molecule has 6 saturated carbocycles. The fraction of sp³-hybridized carbons (Fsp3) is 0.559. The molecule has 1 heterocycles. The SMILES string of the molecule is C=C1[C@H]2C[C@H]3C4N(Cc5ccccc5)C[C@]5(C)CCC[C@]46[C@H]([C@H]2O)C3(CC(=O)[C@H]56)[C@@H]1OCc1ccccc1. The highest BCUT2D eigenvalue weighted by atomic mass is 16.5. The number of ketones is 1. The van der Waals surface area contributed by atoms with Crippen molar-refractivity contribution in [1.29, 1.82) is 0 Å². The number of aliphatic hydroxyl groups is 1. The number of ether oxygens (including phenoxy) is 1. The van der Waals surface area contributed by atoms with Gasteiger partial charge >= 0.3 is 0 Å². The number of carbonyl (C=O) groups excluding carboxylic acids is 1. The maximum atomic E-state index is 14.4. The van der Waals surface area contributed by atoms with Crippen LogP contribution in [-0.4, -0.2) is 40.6 Å². The van der Waals surface area contributed by atoms with Crippen molar-refractivity contribution >= 4 is 5.78 Å². The lowest BCUT2D eigenvalue weighted by Gasteiger charge is -2.68. The van der Waals surface area contributed by atoms with Crippen LogP contribution in [0.2, 0.25) is 0 Å². The second-order valence-corrected chi connectivity index (χ2v) is 13.8. The van der Waals surface area contributed by atoms with Crippen LogP contribution < -0.4 is 0 Å². The van der Waals surface area contributed by atoms with Gasteiger partial charge < -0.3 is 9.84 Å². The van der Waals surface area contributed by atoms with Gasteiger partial charge in [-0.3, -0.25) is 9.69 Å². The van der Waals surface area contributed by atoms with Gasteiger partial charge in [0.05, 0.1) is 18.8 Å². The molecule has 6 aliphatic carbocycles. The van der Waals surface area contributed by atoms with Gasteiger partial charge in [0.15, 0.2) is 0 Å². The van der Waals surface area contributed by atoms with Crippen molar-refractivity contribution in [3.05, 3.63) is 83.9 Å². The van der Waals surface area contributed by atoms with Crippen molar-refractivity contribution in [2.45, 2.75) is 70.4 Å². The first-order valence-electron chi connectivity index (χ1n) is 14.7. The van der Waals surface area contributed by atoms with Gasteiger partial charge in [-0.1, -0.05) is 80.6 Å². The molecule has 1 N–H and O–H groups in total. The van der Waals surface area contributed by atoms with Gasteiger partial charge in [-0.2, -0.15) is 0 Å². The Hall–Kier alpha value is -2.27. The van der Waals surface area contributed by atoms with E-state index in [1.54, 1.807) is 0 Å². The Balaban J connectivity index is 1.28. The highest BCUT2D eigenvalue weighted by Gasteiger charge is 2.85. The summed E-state index contributed by atoms with van der Waals surface area (Å²) in [7, 11) is 0. The molecule has 38 heavy (non-hydrogen) atoms. The van der Waals surface area contributed by atoms with Crippen molar-refractivity contribution in [2.75, 3.05) is 6.54 Å². The van der Waals surface area contributed by atoms with Crippen molar-refractivity contribution in [3.8, 4) is 0 Å². The summed E-state index contributed by atoms with van der Waals surface area (Å²) in [6, 6.07) is 21.5. The van der Waals surface area contributed by atoms with Crippen LogP contribution >= 0.6 is 0 Å². The number of aliphatic hydroxyl groups excluding tert-OH is 1. The minimum atomic E-state index is -0.421. The predicted molar refractivity (Wildman–Crippen MR) is 146 cm³/mol. The molecule has 2 unspecified atom stereocenters. The van der Waals surface area contributed by atoms with Crippen LogP contribution in [0.1, 0.15) is 50.2 Å². The van der Waals surface area contributed by atoms with Crippen LogP contribution in [0.25, 0.3) is 0 Å². The molecule has 9 rings (SSSR count). The van der Waals surface area contributed by atoms with Gasteiger partial charge in [0.1, 0.15) is 5.78 Å². The number of carbonyl (C=O) groups is 1. The molecule has 0 radical (unpaired) electrons. The van der Waals surface area contributed by atoms with Crippen LogP contribution in [-0.2, 0) is 22.7 Å². The number of rotatable bonds is 5. The van der Waals surface area contributed by atoms with Crippen molar-refractivity contribution in [2.24, 2.45) is 39.9 Å². The normalized spacial score (nSPS) is 46.4. The summed E-state index contributed by atoms with van der Waals surface area (Å²) < 4.78 is 6.85. The van der Waals surface area contributed by atoms with Gasteiger partial charge in [-0.05, 0) is 47.3 Å². The maximum Gasteiger partial charge on any atom is 0.137 e. The number of hydrogen-bond donors (Lipinski definition) is 1. The van der Waals surface area contributed by atoms with Crippen LogP contribution in [0.4, 0.5) is 0 Å². The van der Waals surface area contributed by atoms with Crippen molar-refractivity contribution in [3.63, 3.8) is 0 Å². The summed E-state index contributed by atoms with van der Waals surface area (Å²) in [4.78, 5) is 17.2. The summed E-state index contributed by atoms with van der Waals surface area (Å²) in [5.41, 5.74) is 2.98. The fourth-order valence-electron chi connectivity index (χ4n) is 11.6. The van der Waals surface area contributed by atoms with E-state index in [2.05, 4.69) is 73.0 Å². The predicted octanol–water partition coefficient (Wildman–Crippen LogP) is 5.40. The lowest BCUT2D eigenvalue weighted by Crippen LogP contribution is -2.72. The van der Waals surface area contributed by atoms with Gasteiger partial charge in [0.25, 0.3) is 0 Å². The van der Waals surface area contributed by atoms with Crippen LogP contribution in [0.3, 0.4) is 0 Å². The van der Waals surface area contributed by atoms with E-state index < -0.39 is 6.10 Å². The molecule has 2 aromatic rings. The van der Waals surface area contributed by atoms with Gasteiger partial charge in [0, 0.05) is 54.1 Å². The van der Waals surface area contributed by atoms with E-state index in [4.69, 9.17) is 4.74 Å². The Morgan fingerprint density at radius 2 is 1.74 bits per heavy atom. The zero-order chi connectivity index (χ0) is 25.9. The molecule has 4 nitrogen and oxygen atoms in total.